The Labute approximate surface area is 108 Å². The lowest BCUT2D eigenvalue weighted by atomic mass is 10.3. The number of anilines is 1. The second-order valence-electron chi connectivity index (χ2n) is 3.91. The van der Waals surface area contributed by atoms with Gasteiger partial charge >= 0.3 is 0 Å². The summed E-state index contributed by atoms with van der Waals surface area (Å²) in [6.45, 7) is 3.06. The number of aromatic nitrogens is 1. The highest BCUT2D eigenvalue weighted by atomic mass is 32.2. The average Bonchev–Trinajstić information content (AvgIpc) is 2.59. The molecule has 0 atom stereocenters. The van der Waals surface area contributed by atoms with Gasteiger partial charge in [-0.1, -0.05) is 5.16 Å². The van der Waals surface area contributed by atoms with E-state index in [1.807, 2.05) is 0 Å². The van der Waals surface area contributed by atoms with E-state index in [1.54, 1.807) is 6.92 Å². The van der Waals surface area contributed by atoms with Crippen LogP contribution in [0.4, 0.5) is 14.5 Å². The van der Waals surface area contributed by atoms with E-state index < -0.39 is 26.6 Å². The van der Waals surface area contributed by atoms with Crippen LogP contribution in [0.15, 0.2) is 27.6 Å². The molecule has 0 aliphatic carbocycles. The molecule has 0 amide bonds. The van der Waals surface area contributed by atoms with Crippen LogP contribution in [0.2, 0.25) is 0 Å². The highest BCUT2D eigenvalue weighted by Crippen LogP contribution is 2.23. The van der Waals surface area contributed by atoms with Crippen LogP contribution >= 0.6 is 0 Å². The number of hydrogen-bond acceptors (Lipinski definition) is 4. The lowest BCUT2D eigenvalue weighted by Crippen LogP contribution is -2.14. The van der Waals surface area contributed by atoms with Gasteiger partial charge in [0.05, 0.1) is 4.90 Å². The Bertz CT molecular complexity index is 686. The lowest BCUT2D eigenvalue weighted by Gasteiger charge is -2.07. The van der Waals surface area contributed by atoms with Crippen LogP contribution in [-0.2, 0) is 10.0 Å². The Kier molecular flexibility index (Phi) is 3.27. The molecular weight excluding hydrogens is 278 g/mol. The SMILES string of the molecule is Cc1noc(C)c1NS(=O)(=O)c1cc(F)cc(F)c1. The smallest absolute Gasteiger partial charge is 0.262 e. The van der Waals surface area contributed by atoms with Gasteiger partial charge in [-0.05, 0) is 26.0 Å². The van der Waals surface area contributed by atoms with Gasteiger partial charge in [0, 0.05) is 6.07 Å². The fraction of sp³-hybridized carbons (Fsp3) is 0.182. The topological polar surface area (TPSA) is 72.2 Å². The highest BCUT2D eigenvalue weighted by molar-refractivity contribution is 7.92. The van der Waals surface area contributed by atoms with Gasteiger partial charge in [-0.25, -0.2) is 17.2 Å². The molecule has 0 aliphatic heterocycles. The molecule has 0 fully saturated rings. The van der Waals surface area contributed by atoms with E-state index in [-0.39, 0.29) is 11.4 Å². The van der Waals surface area contributed by atoms with E-state index >= 15 is 0 Å². The molecule has 5 nitrogen and oxygen atoms in total. The molecule has 1 aromatic heterocycles. The van der Waals surface area contributed by atoms with Gasteiger partial charge in [0.2, 0.25) is 0 Å². The van der Waals surface area contributed by atoms with E-state index in [9.17, 15) is 17.2 Å². The Morgan fingerprint density at radius 1 is 1.16 bits per heavy atom. The van der Waals surface area contributed by atoms with Crippen molar-refractivity contribution in [1.82, 2.24) is 5.16 Å². The van der Waals surface area contributed by atoms with Crippen LogP contribution in [0, 0.1) is 25.5 Å². The van der Waals surface area contributed by atoms with Gasteiger partial charge < -0.3 is 4.52 Å². The van der Waals surface area contributed by atoms with Gasteiger partial charge in [0.15, 0.2) is 5.76 Å². The summed E-state index contributed by atoms with van der Waals surface area (Å²) in [5, 5.41) is 3.58. The molecule has 0 unspecified atom stereocenters. The quantitative estimate of drug-likeness (QED) is 0.941. The van der Waals surface area contributed by atoms with Crippen molar-refractivity contribution in [2.24, 2.45) is 0 Å². The third-order valence-corrected chi connectivity index (χ3v) is 3.75. The van der Waals surface area contributed by atoms with Crippen LogP contribution in [0.3, 0.4) is 0 Å². The number of aryl methyl sites for hydroxylation is 2. The minimum atomic E-state index is -4.10. The largest absolute Gasteiger partial charge is 0.359 e. The first-order valence-electron chi connectivity index (χ1n) is 5.21. The second kappa shape index (κ2) is 4.61. The number of halogens is 2. The molecule has 0 saturated heterocycles. The standard InChI is InChI=1S/C11H10F2N2O3S/c1-6-11(7(2)18-14-6)15-19(16,17)10-4-8(12)3-9(13)5-10/h3-5,15H,1-2H3. The van der Waals surface area contributed by atoms with Crippen molar-refractivity contribution < 1.29 is 21.7 Å². The molecule has 2 rings (SSSR count). The van der Waals surface area contributed by atoms with Crippen LogP contribution in [-0.4, -0.2) is 13.6 Å². The molecule has 1 aromatic carbocycles. The van der Waals surface area contributed by atoms with E-state index in [0.29, 0.717) is 11.8 Å². The minimum absolute atomic E-state index is 0.157. The molecule has 1 heterocycles. The summed E-state index contributed by atoms with van der Waals surface area (Å²) < 4.78 is 57.0. The molecular formula is C11H10F2N2O3S. The Morgan fingerprint density at radius 3 is 2.21 bits per heavy atom. The fourth-order valence-corrected chi connectivity index (χ4v) is 2.72. The molecule has 102 valence electrons. The van der Waals surface area contributed by atoms with E-state index in [4.69, 9.17) is 4.52 Å². The van der Waals surface area contributed by atoms with Crippen molar-refractivity contribution in [2.45, 2.75) is 18.7 Å². The number of hydrogen-bond donors (Lipinski definition) is 1. The molecule has 0 radical (unpaired) electrons. The van der Waals surface area contributed by atoms with Gasteiger partial charge in [-0.2, -0.15) is 0 Å². The Morgan fingerprint density at radius 2 is 1.74 bits per heavy atom. The first-order valence-corrected chi connectivity index (χ1v) is 6.70. The predicted octanol–water partition coefficient (Wildman–Crippen LogP) is 2.37. The first kappa shape index (κ1) is 13.5. The molecule has 0 saturated carbocycles. The highest BCUT2D eigenvalue weighted by Gasteiger charge is 2.20. The van der Waals surface area contributed by atoms with E-state index in [1.165, 1.54) is 6.92 Å². The number of nitrogens with zero attached hydrogens (tertiary/aromatic N) is 1. The number of sulfonamides is 1. The predicted molar refractivity (Wildman–Crippen MR) is 63.1 cm³/mol. The second-order valence-corrected chi connectivity index (χ2v) is 5.59. The third-order valence-electron chi connectivity index (χ3n) is 2.42. The zero-order valence-corrected chi connectivity index (χ0v) is 10.9. The van der Waals surface area contributed by atoms with Crippen molar-refractivity contribution in [3.8, 4) is 0 Å². The minimum Gasteiger partial charge on any atom is -0.359 e. The summed E-state index contributed by atoms with van der Waals surface area (Å²) in [6, 6.07) is 2.04. The van der Waals surface area contributed by atoms with Crippen LogP contribution in [0.5, 0.6) is 0 Å². The van der Waals surface area contributed by atoms with Crippen molar-refractivity contribution in [3.63, 3.8) is 0 Å². The van der Waals surface area contributed by atoms with E-state index in [2.05, 4.69) is 9.88 Å². The summed E-state index contributed by atoms with van der Waals surface area (Å²) >= 11 is 0. The number of rotatable bonds is 3. The summed E-state index contributed by atoms with van der Waals surface area (Å²) in [4.78, 5) is -0.509. The molecule has 0 bridgehead atoms. The summed E-state index contributed by atoms with van der Waals surface area (Å²) in [7, 11) is -4.10. The van der Waals surface area contributed by atoms with Crippen molar-refractivity contribution in [2.75, 3.05) is 4.72 Å². The zero-order valence-electron chi connectivity index (χ0n) is 10.1. The van der Waals surface area contributed by atoms with Gasteiger partial charge in [-0.3, -0.25) is 4.72 Å². The first-order chi connectivity index (χ1) is 8.79. The molecule has 0 spiro atoms. The van der Waals surface area contributed by atoms with Crippen molar-refractivity contribution >= 4 is 15.7 Å². The molecule has 1 N–H and O–H groups in total. The third kappa shape index (κ3) is 2.73. The summed E-state index contributed by atoms with van der Waals surface area (Å²) in [6.07, 6.45) is 0. The normalized spacial score (nSPS) is 11.6. The van der Waals surface area contributed by atoms with Crippen molar-refractivity contribution in [3.05, 3.63) is 41.3 Å². The lowest BCUT2D eigenvalue weighted by molar-refractivity contribution is 0.393. The number of benzene rings is 1. The fourth-order valence-electron chi connectivity index (χ4n) is 1.51. The monoisotopic (exact) mass is 288 g/mol. The maximum Gasteiger partial charge on any atom is 0.262 e. The average molecular weight is 288 g/mol. The van der Waals surface area contributed by atoms with Crippen LogP contribution in [0.25, 0.3) is 0 Å². The van der Waals surface area contributed by atoms with Crippen molar-refractivity contribution in [1.29, 1.82) is 0 Å². The molecule has 2 aromatic rings. The maximum absolute atomic E-state index is 13.0. The molecule has 0 aliphatic rings. The molecule has 8 heteroatoms. The summed E-state index contributed by atoms with van der Waals surface area (Å²) in [5.41, 5.74) is 0.489. The zero-order chi connectivity index (χ0) is 14.2. The van der Waals surface area contributed by atoms with Gasteiger partial charge in [0.1, 0.15) is 23.0 Å². The number of nitrogens with one attached hydrogen (secondary N) is 1. The Hall–Kier alpha value is -1.96. The van der Waals surface area contributed by atoms with Gasteiger partial charge in [-0.15, -0.1) is 0 Å². The maximum atomic E-state index is 13.0. The summed E-state index contributed by atoms with van der Waals surface area (Å²) in [5.74, 6) is -1.68. The Balaban J connectivity index is 2.43. The van der Waals surface area contributed by atoms with Gasteiger partial charge in [0.25, 0.3) is 10.0 Å². The van der Waals surface area contributed by atoms with Crippen LogP contribution in [0.1, 0.15) is 11.5 Å². The van der Waals surface area contributed by atoms with Crippen LogP contribution < -0.4 is 4.72 Å². The van der Waals surface area contributed by atoms with E-state index in [0.717, 1.165) is 12.1 Å². The molecule has 19 heavy (non-hydrogen) atoms.